The average Bonchev–Trinajstić information content (AvgIpc) is 2.38. The fourth-order valence-electron chi connectivity index (χ4n) is 1.61. The molecule has 0 aliphatic heterocycles. The lowest BCUT2D eigenvalue weighted by atomic mass is 10.1. The molecule has 5 heteroatoms. The summed E-state index contributed by atoms with van der Waals surface area (Å²) in [5.74, 6) is 0. The summed E-state index contributed by atoms with van der Waals surface area (Å²) >= 11 is 0. The van der Waals surface area contributed by atoms with Crippen LogP contribution in [-0.4, -0.2) is 13.4 Å². The first-order valence-electron chi connectivity index (χ1n) is 5.50. The second-order valence-electron chi connectivity index (χ2n) is 3.87. The molecule has 0 bridgehead atoms. The second-order valence-corrected chi connectivity index (χ2v) is 6.43. The quantitative estimate of drug-likeness (QED) is 0.812. The topological polar surface area (TPSA) is 47.0 Å². The van der Waals surface area contributed by atoms with Crippen molar-refractivity contribution in [3.8, 4) is 11.3 Å². The number of rotatable bonds is 3. The van der Waals surface area contributed by atoms with E-state index in [1.807, 2.05) is 24.3 Å². The summed E-state index contributed by atoms with van der Waals surface area (Å²) in [5, 5.41) is 0. The van der Waals surface area contributed by atoms with E-state index in [0.717, 1.165) is 17.7 Å². The van der Waals surface area contributed by atoms with Gasteiger partial charge in [-0.25, -0.2) is 8.42 Å². The summed E-state index contributed by atoms with van der Waals surface area (Å²) in [6, 6.07) is 11.1. The summed E-state index contributed by atoms with van der Waals surface area (Å²) in [6.45, 7) is 2.09. The van der Waals surface area contributed by atoms with Crippen molar-refractivity contribution in [1.29, 1.82) is 0 Å². The van der Waals surface area contributed by atoms with Gasteiger partial charge in [-0.05, 0) is 24.1 Å². The molecule has 0 unspecified atom stereocenters. The molecule has 0 radical (unpaired) electrons. The highest BCUT2D eigenvalue weighted by Gasteiger charge is 2.10. The van der Waals surface area contributed by atoms with E-state index in [4.69, 9.17) is 10.7 Å². The van der Waals surface area contributed by atoms with Gasteiger partial charge >= 0.3 is 0 Å². The molecule has 0 fully saturated rings. The Bertz CT molecular complexity index is 634. The molecule has 0 saturated carbocycles. The zero-order chi connectivity index (χ0) is 13.2. The summed E-state index contributed by atoms with van der Waals surface area (Å²) < 4.78 is 22.2. The molecule has 0 N–H and O–H groups in total. The molecule has 0 aliphatic rings. The number of aromatic nitrogens is 1. The first-order chi connectivity index (χ1) is 8.50. The molecule has 2 aromatic rings. The smallest absolute Gasteiger partial charge is 0.255 e. The van der Waals surface area contributed by atoms with Gasteiger partial charge in [-0.1, -0.05) is 31.2 Å². The minimum Gasteiger partial charge on any atom is -0.255 e. The Morgan fingerprint density at radius 1 is 1.11 bits per heavy atom. The Labute approximate surface area is 111 Å². The van der Waals surface area contributed by atoms with Crippen molar-refractivity contribution in [2.75, 3.05) is 0 Å². The van der Waals surface area contributed by atoms with Crippen molar-refractivity contribution >= 4 is 19.7 Å². The fourth-order valence-corrected chi connectivity index (χ4v) is 2.29. The van der Waals surface area contributed by atoms with Crippen LogP contribution in [0.1, 0.15) is 12.5 Å². The van der Waals surface area contributed by atoms with Crippen LogP contribution in [0.15, 0.2) is 47.5 Å². The lowest BCUT2D eigenvalue weighted by molar-refractivity contribution is 0.609. The lowest BCUT2D eigenvalue weighted by Gasteiger charge is -2.03. The number of aryl methyl sites for hydroxylation is 1. The SMILES string of the molecule is CCc1ccc(-c2ccc(S(=O)(=O)Cl)cn2)cc1. The zero-order valence-corrected chi connectivity index (χ0v) is 11.4. The first-order valence-corrected chi connectivity index (χ1v) is 7.81. The van der Waals surface area contributed by atoms with Crippen LogP contribution in [-0.2, 0) is 15.5 Å². The molecule has 2 rings (SSSR count). The predicted molar refractivity (Wildman–Crippen MR) is 72.1 cm³/mol. The Balaban J connectivity index is 2.34. The van der Waals surface area contributed by atoms with Gasteiger partial charge in [0.15, 0.2) is 0 Å². The number of hydrogen-bond donors (Lipinski definition) is 0. The van der Waals surface area contributed by atoms with Crippen molar-refractivity contribution in [3.63, 3.8) is 0 Å². The van der Waals surface area contributed by atoms with Crippen LogP contribution in [0.4, 0.5) is 0 Å². The monoisotopic (exact) mass is 281 g/mol. The van der Waals surface area contributed by atoms with E-state index >= 15 is 0 Å². The molecule has 0 aliphatic carbocycles. The van der Waals surface area contributed by atoms with E-state index in [2.05, 4.69) is 11.9 Å². The van der Waals surface area contributed by atoms with Gasteiger partial charge in [0.05, 0.1) is 5.69 Å². The average molecular weight is 282 g/mol. The molecule has 1 heterocycles. The van der Waals surface area contributed by atoms with E-state index in [9.17, 15) is 8.42 Å². The van der Waals surface area contributed by atoms with E-state index in [1.54, 1.807) is 6.07 Å². The summed E-state index contributed by atoms with van der Waals surface area (Å²) in [6.07, 6.45) is 2.25. The van der Waals surface area contributed by atoms with Gasteiger partial charge in [0.25, 0.3) is 9.05 Å². The van der Waals surface area contributed by atoms with Gasteiger partial charge in [0, 0.05) is 22.4 Å². The van der Waals surface area contributed by atoms with Gasteiger partial charge < -0.3 is 0 Å². The molecule has 0 spiro atoms. The molecule has 18 heavy (non-hydrogen) atoms. The van der Waals surface area contributed by atoms with E-state index in [-0.39, 0.29) is 4.90 Å². The summed E-state index contributed by atoms with van der Waals surface area (Å²) in [4.78, 5) is 4.12. The van der Waals surface area contributed by atoms with Crippen molar-refractivity contribution in [2.45, 2.75) is 18.2 Å². The highest BCUT2D eigenvalue weighted by atomic mass is 35.7. The highest BCUT2D eigenvalue weighted by Crippen LogP contribution is 2.20. The van der Waals surface area contributed by atoms with Crippen molar-refractivity contribution in [3.05, 3.63) is 48.2 Å². The maximum absolute atomic E-state index is 11.1. The number of hydrogen-bond acceptors (Lipinski definition) is 3. The molecule has 0 atom stereocenters. The van der Waals surface area contributed by atoms with Crippen LogP contribution in [0.25, 0.3) is 11.3 Å². The third-order valence-corrected chi connectivity index (χ3v) is 4.01. The molecule has 94 valence electrons. The number of halogens is 1. The fraction of sp³-hybridized carbons (Fsp3) is 0.154. The van der Waals surface area contributed by atoms with Crippen LogP contribution in [0.2, 0.25) is 0 Å². The summed E-state index contributed by atoms with van der Waals surface area (Å²) in [7, 11) is 1.53. The third kappa shape index (κ3) is 2.89. The van der Waals surface area contributed by atoms with E-state index in [0.29, 0.717) is 0 Å². The van der Waals surface area contributed by atoms with Gasteiger partial charge in [-0.2, -0.15) is 0 Å². The van der Waals surface area contributed by atoms with Gasteiger partial charge in [-0.15, -0.1) is 0 Å². The van der Waals surface area contributed by atoms with Crippen LogP contribution in [0.3, 0.4) is 0 Å². The van der Waals surface area contributed by atoms with Crippen molar-refractivity contribution < 1.29 is 8.42 Å². The summed E-state index contributed by atoms with van der Waals surface area (Å²) in [5.41, 5.74) is 2.92. The first kappa shape index (κ1) is 13.1. The number of nitrogens with zero attached hydrogens (tertiary/aromatic N) is 1. The molecule has 0 saturated heterocycles. The molecule has 3 nitrogen and oxygen atoms in total. The van der Waals surface area contributed by atoms with Crippen LogP contribution in [0, 0.1) is 0 Å². The largest absolute Gasteiger partial charge is 0.262 e. The van der Waals surface area contributed by atoms with Crippen molar-refractivity contribution in [2.24, 2.45) is 0 Å². The predicted octanol–water partition coefficient (Wildman–Crippen LogP) is 3.24. The van der Waals surface area contributed by atoms with Crippen LogP contribution < -0.4 is 0 Å². The molecule has 0 amide bonds. The minimum atomic E-state index is -3.70. The number of benzene rings is 1. The Morgan fingerprint density at radius 3 is 2.22 bits per heavy atom. The van der Waals surface area contributed by atoms with E-state index in [1.165, 1.54) is 17.8 Å². The van der Waals surface area contributed by atoms with Gasteiger partial charge in [-0.3, -0.25) is 4.98 Å². The Kier molecular flexibility index (Phi) is 3.68. The highest BCUT2D eigenvalue weighted by molar-refractivity contribution is 8.13. The maximum atomic E-state index is 11.1. The normalized spacial score (nSPS) is 11.4. The minimum absolute atomic E-state index is 0.0121. The van der Waals surface area contributed by atoms with E-state index < -0.39 is 9.05 Å². The number of pyridine rings is 1. The molecule has 1 aromatic carbocycles. The Hall–Kier alpha value is -1.39. The van der Waals surface area contributed by atoms with Crippen LogP contribution in [0.5, 0.6) is 0 Å². The standard InChI is InChI=1S/C13H12ClNO2S/c1-2-10-3-5-11(6-4-10)13-8-7-12(9-15-13)18(14,16)17/h3-9H,2H2,1H3. The zero-order valence-electron chi connectivity index (χ0n) is 9.80. The molecular formula is C13H12ClNO2S. The van der Waals surface area contributed by atoms with Gasteiger partial charge in [0.1, 0.15) is 4.90 Å². The Morgan fingerprint density at radius 2 is 1.78 bits per heavy atom. The molecule has 1 aromatic heterocycles. The van der Waals surface area contributed by atoms with Crippen molar-refractivity contribution in [1.82, 2.24) is 4.98 Å². The lowest BCUT2D eigenvalue weighted by Crippen LogP contribution is -1.92. The maximum Gasteiger partial charge on any atom is 0.262 e. The third-order valence-electron chi connectivity index (χ3n) is 2.68. The van der Waals surface area contributed by atoms with Gasteiger partial charge in [0.2, 0.25) is 0 Å². The van der Waals surface area contributed by atoms with Crippen LogP contribution >= 0.6 is 10.7 Å². The molecular weight excluding hydrogens is 270 g/mol. The second kappa shape index (κ2) is 5.08.